The van der Waals surface area contributed by atoms with Crippen molar-refractivity contribution in [2.75, 3.05) is 0 Å². The van der Waals surface area contributed by atoms with E-state index in [2.05, 4.69) is 26.3 Å². The molecule has 0 aliphatic heterocycles. The summed E-state index contributed by atoms with van der Waals surface area (Å²) in [6.07, 6.45) is 3.41. The van der Waals surface area contributed by atoms with Crippen LogP contribution in [0.4, 0.5) is 0 Å². The number of hydrogen-bond acceptors (Lipinski definition) is 4. The van der Waals surface area contributed by atoms with Gasteiger partial charge in [0.15, 0.2) is 0 Å². The number of amides is 2. The Labute approximate surface area is 210 Å². The highest BCUT2D eigenvalue weighted by Crippen LogP contribution is 2.47. The number of hydrogen-bond donors (Lipinski definition) is 4. The second-order valence-electron chi connectivity index (χ2n) is 9.04. The van der Waals surface area contributed by atoms with E-state index in [9.17, 15) is 9.59 Å². The lowest BCUT2D eigenvalue weighted by Gasteiger charge is -2.16. The van der Waals surface area contributed by atoms with Crippen LogP contribution < -0.4 is 11.1 Å². The fourth-order valence-corrected chi connectivity index (χ4v) is 5.27. The quantitative estimate of drug-likeness (QED) is 0.289. The molecule has 7 rings (SSSR count). The topological polar surface area (TPSA) is 130 Å². The van der Waals surface area contributed by atoms with Crippen molar-refractivity contribution in [3.63, 3.8) is 0 Å². The molecule has 1 atom stereocenters. The molecule has 1 aliphatic carbocycles. The van der Waals surface area contributed by atoms with Gasteiger partial charge in [-0.3, -0.25) is 9.59 Å². The molecule has 6 aromatic rings. The molecular weight excluding hydrogens is 464 g/mol. The number of H-pyrrole nitrogens is 2. The summed E-state index contributed by atoms with van der Waals surface area (Å²) in [5.74, 6) is 0.0171. The van der Waals surface area contributed by atoms with Crippen molar-refractivity contribution in [1.29, 1.82) is 0 Å². The summed E-state index contributed by atoms with van der Waals surface area (Å²) in [5, 5.41) is 4.03. The van der Waals surface area contributed by atoms with Gasteiger partial charge in [-0.25, -0.2) is 9.97 Å². The number of aromatic amines is 2. The standard InChI is InChI=1S/C29H20N6O2/c30-26(36)15-8-9-22-23(14-15)34-28(33-22)21-7-3-6-20-24(21)16-4-1-2-5-17(16)25(20)35-29(37)19-11-13-32-27-18(19)10-12-31-27/h1-14,25H,(H2,30,36)(H,31,32)(H,33,34)(H,35,37). The zero-order valence-corrected chi connectivity index (χ0v) is 19.4. The number of nitrogens with two attached hydrogens (primary N) is 1. The van der Waals surface area contributed by atoms with E-state index in [1.165, 1.54) is 0 Å². The fraction of sp³-hybridized carbons (Fsp3) is 0.0345. The molecule has 8 heteroatoms. The second kappa shape index (κ2) is 7.89. The Morgan fingerprint density at radius 2 is 1.76 bits per heavy atom. The van der Waals surface area contributed by atoms with Gasteiger partial charge in [-0.1, -0.05) is 42.5 Å². The van der Waals surface area contributed by atoms with Gasteiger partial charge in [0, 0.05) is 28.9 Å². The van der Waals surface area contributed by atoms with Gasteiger partial charge in [-0.2, -0.15) is 0 Å². The molecule has 2 amide bonds. The molecule has 0 spiro atoms. The molecule has 3 aromatic heterocycles. The third-order valence-corrected chi connectivity index (χ3v) is 6.95. The summed E-state index contributed by atoms with van der Waals surface area (Å²) in [6, 6.07) is 22.5. The van der Waals surface area contributed by atoms with E-state index in [0.29, 0.717) is 22.6 Å². The largest absolute Gasteiger partial charge is 0.366 e. The Morgan fingerprint density at radius 3 is 2.65 bits per heavy atom. The molecule has 3 aromatic carbocycles. The van der Waals surface area contributed by atoms with Crippen molar-refractivity contribution in [3.8, 4) is 22.5 Å². The molecule has 37 heavy (non-hydrogen) atoms. The van der Waals surface area contributed by atoms with Crippen molar-refractivity contribution < 1.29 is 9.59 Å². The van der Waals surface area contributed by atoms with Crippen LogP contribution in [0.15, 0.2) is 85.2 Å². The Balaban J connectivity index is 1.34. The lowest BCUT2D eigenvalue weighted by molar-refractivity contribution is 0.0944. The van der Waals surface area contributed by atoms with Crippen LogP contribution in [0.5, 0.6) is 0 Å². The summed E-state index contributed by atoms with van der Waals surface area (Å²) in [6.45, 7) is 0. The molecule has 5 N–H and O–H groups in total. The van der Waals surface area contributed by atoms with E-state index in [1.807, 2.05) is 42.5 Å². The molecule has 0 fully saturated rings. The molecular formula is C29H20N6O2. The fourth-order valence-electron chi connectivity index (χ4n) is 5.27. The van der Waals surface area contributed by atoms with Crippen LogP contribution in [0.1, 0.15) is 37.9 Å². The molecule has 1 aliphatic rings. The number of imidazole rings is 1. The minimum absolute atomic E-state index is 0.173. The molecule has 1 unspecified atom stereocenters. The van der Waals surface area contributed by atoms with Gasteiger partial charge in [0.05, 0.1) is 22.6 Å². The normalized spacial score (nSPS) is 14.0. The van der Waals surface area contributed by atoms with Gasteiger partial charge in [0.1, 0.15) is 11.5 Å². The smallest absolute Gasteiger partial charge is 0.252 e. The lowest BCUT2D eigenvalue weighted by atomic mass is 9.98. The highest BCUT2D eigenvalue weighted by Gasteiger charge is 2.32. The number of benzene rings is 3. The third-order valence-electron chi connectivity index (χ3n) is 6.95. The van der Waals surface area contributed by atoms with Crippen LogP contribution in [0, 0.1) is 0 Å². The molecule has 0 saturated carbocycles. The second-order valence-corrected chi connectivity index (χ2v) is 9.04. The van der Waals surface area contributed by atoms with Crippen LogP contribution >= 0.6 is 0 Å². The van der Waals surface area contributed by atoms with Gasteiger partial charge >= 0.3 is 0 Å². The highest BCUT2D eigenvalue weighted by molar-refractivity contribution is 6.06. The summed E-state index contributed by atoms with van der Waals surface area (Å²) in [4.78, 5) is 40.6. The number of primary amides is 1. The summed E-state index contributed by atoms with van der Waals surface area (Å²) in [5.41, 5.74) is 13.6. The van der Waals surface area contributed by atoms with Gasteiger partial charge < -0.3 is 21.0 Å². The third kappa shape index (κ3) is 3.23. The van der Waals surface area contributed by atoms with E-state index >= 15 is 0 Å². The average Bonchev–Trinajstić information content (AvgIpc) is 3.64. The first-order valence-electron chi connectivity index (χ1n) is 11.8. The zero-order chi connectivity index (χ0) is 25.1. The van der Waals surface area contributed by atoms with Crippen LogP contribution in [0.3, 0.4) is 0 Å². The van der Waals surface area contributed by atoms with E-state index in [0.717, 1.165) is 44.2 Å². The predicted molar refractivity (Wildman–Crippen MR) is 141 cm³/mol. The Bertz CT molecular complexity index is 1880. The molecule has 8 nitrogen and oxygen atoms in total. The van der Waals surface area contributed by atoms with Crippen LogP contribution in [-0.2, 0) is 0 Å². The highest BCUT2D eigenvalue weighted by atomic mass is 16.2. The summed E-state index contributed by atoms with van der Waals surface area (Å²) < 4.78 is 0. The molecule has 3 heterocycles. The minimum Gasteiger partial charge on any atom is -0.366 e. The molecule has 0 bridgehead atoms. The number of carbonyl (C=O) groups is 2. The number of pyridine rings is 1. The molecule has 0 saturated heterocycles. The zero-order valence-electron chi connectivity index (χ0n) is 19.4. The van der Waals surface area contributed by atoms with Crippen LogP contribution in [0.25, 0.3) is 44.6 Å². The summed E-state index contributed by atoms with van der Waals surface area (Å²) in [7, 11) is 0. The van der Waals surface area contributed by atoms with Gasteiger partial charge in [0.2, 0.25) is 5.91 Å². The summed E-state index contributed by atoms with van der Waals surface area (Å²) >= 11 is 0. The van der Waals surface area contributed by atoms with Crippen LogP contribution in [-0.4, -0.2) is 31.8 Å². The van der Waals surface area contributed by atoms with Crippen molar-refractivity contribution in [2.45, 2.75) is 6.04 Å². The first-order chi connectivity index (χ1) is 18.1. The van der Waals surface area contributed by atoms with Gasteiger partial charge in [-0.15, -0.1) is 0 Å². The Kier molecular flexibility index (Phi) is 4.49. The Hall–Kier alpha value is -5.24. The number of nitrogens with one attached hydrogen (secondary N) is 3. The van der Waals surface area contributed by atoms with Crippen molar-refractivity contribution >= 4 is 33.9 Å². The number of rotatable bonds is 4. The first-order valence-corrected chi connectivity index (χ1v) is 11.8. The van der Waals surface area contributed by atoms with E-state index in [1.54, 1.807) is 36.7 Å². The van der Waals surface area contributed by atoms with Gasteiger partial charge in [-0.05, 0) is 52.6 Å². The van der Waals surface area contributed by atoms with E-state index in [-0.39, 0.29) is 11.9 Å². The first kappa shape index (κ1) is 21.1. The lowest BCUT2D eigenvalue weighted by Crippen LogP contribution is -2.28. The van der Waals surface area contributed by atoms with E-state index in [4.69, 9.17) is 10.7 Å². The number of aromatic nitrogens is 4. The van der Waals surface area contributed by atoms with Gasteiger partial charge in [0.25, 0.3) is 5.91 Å². The van der Waals surface area contributed by atoms with Crippen molar-refractivity contribution in [1.82, 2.24) is 25.3 Å². The minimum atomic E-state index is -0.489. The average molecular weight is 485 g/mol. The van der Waals surface area contributed by atoms with Crippen molar-refractivity contribution in [2.24, 2.45) is 5.73 Å². The molecule has 0 radical (unpaired) electrons. The number of nitrogens with zero attached hydrogens (tertiary/aromatic N) is 2. The number of fused-ring (bicyclic) bond motifs is 5. The monoisotopic (exact) mass is 484 g/mol. The van der Waals surface area contributed by atoms with E-state index < -0.39 is 5.91 Å². The Morgan fingerprint density at radius 1 is 0.919 bits per heavy atom. The maximum atomic E-state index is 13.5. The predicted octanol–water partition coefficient (Wildman–Crippen LogP) is 4.70. The number of carbonyl (C=O) groups excluding carboxylic acids is 2. The maximum absolute atomic E-state index is 13.5. The SMILES string of the molecule is NC(=O)c1ccc2nc(-c3cccc4c3-c3ccccc3C4NC(=O)c3ccnc4[nH]ccc34)[nH]c2c1. The maximum Gasteiger partial charge on any atom is 0.252 e. The van der Waals surface area contributed by atoms with Crippen LogP contribution in [0.2, 0.25) is 0 Å². The molecule has 178 valence electrons. The van der Waals surface area contributed by atoms with Crippen molar-refractivity contribution in [3.05, 3.63) is 107 Å².